The normalized spacial score (nSPS) is 15.8. The van der Waals surface area contributed by atoms with E-state index >= 15 is 0 Å². The van der Waals surface area contributed by atoms with Crippen LogP contribution in [0.2, 0.25) is 0 Å². The van der Waals surface area contributed by atoms with Gasteiger partial charge in [-0.25, -0.2) is 9.38 Å². The van der Waals surface area contributed by atoms with Crippen molar-refractivity contribution in [2.24, 2.45) is 0 Å². The molecule has 2 aromatic heterocycles. The number of para-hydroxylation sites is 2. The summed E-state index contributed by atoms with van der Waals surface area (Å²) in [5.41, 5.74) is 2.80. The lowest BCUT2D eigenvalue weighted by Crippen LogP contribution is -2.30. The minimum Gasteiger partial charge on any atom is -0.497 e. The second-order valence-electron chi connectivity index (χ2n) is 5.94. The minimum atomic E-state index is -0.000536. The van der Waals surface area contributed by atoms with Gasteiger partial charge in [-0.2, -0.15) is 0 Å². The van der Waals surface area contributed by atoms with E-state index in [2.05, 4.69) is 16.8 Å². The van der Waals surface area contributed by atoms with E-state index in [-0.39, 0.29) is 5.56 Å². The SMILES string of the molecule is CCN1C(=c2sc3nc4ccccc4n3c2=O)Sc2ccc(OC)cc21. The fourth-order valence-electron chi connectivity index (χ4n) is 3.31. The molecule has 26 heavy (non-hydrogen) atoms. The molecule has 0 atom stereocenters. The number of fused-ring (bicyclic) bond motifs is 4. The Morgan fingerprint density at radius 3 is 2.85 bits per heavy atom. The van der Waals surface area contributed by atoms with E-state index in [0.29, 0.717) is 0 Å². The molecule has 5 rings (SSSR count). The maximum absolute atomic E-state index is 13.2. The van der Waals surface area contributed by atoms with Crippen molar-refractivity contribution in [2.45, 2.75) is 11.8 Å². The Hall–Kier alpha value is -2.51. The minimum absolute atomic E-state index is 0.000536. The van der Waals surface area contributed by atoms with Crippen LogP contribution in [-0.2, 0) is 0 Å². The first-order valence-electron chi connectivity index (χ1n) is 8.29. The molecule has 0 amide bonds. The van der Waals surface area contributed by atoms with E-state index in [0.717, 1.165) is 48.4 Å². The fourth-order valence-corrected chi connectivity index (χ4v) is 5.67. The number of ether oxygens (including phenoxy) is 1. The number of aromatic nitrogens is 2. The van der Waals surface area contributed by atoms with Crippen molar-refractivity contribution < 1.29 is 4.74 Å². The van der Waals surface area contributed by atoms with Crippen LogP contribution in [0, 0.1) is 0 Å². The van der Waals surface area contributed by atoms with Gasteiger partial charge in [0, 0.05) is 17.5 Å². The Balaban J connectivity index is 1.79. The third-order valence-corrected chi connectivity index (χ3v) is 6.88. The van der Waals surface area contributed by atoms with Crippen molar-refractivity contribution in [1.82, 2.24) is 9.38 Å². The lowest BCUT2D eigenvalue weighted by molar-refractivity contribution is 0.414. The van der Waals surface area contributed by atoms with Crippen LogP contribution in [0.15, 0.2) is 52.2 Å². The van der Waals surface area contributed by atoms with Crippen molar-refractivity contribution in [2.75, 3.05) is 18.6 Å². The van der Waals surface area contributed by atoms with Crippen molar-refractivity contribution in [3.8, 4) is 5.75 Å². The summed E-state index contributed by atoms with van der Waals surface area (Å²) < 4.78 is 7.82. The maximum atomic E-state index is 13.2. The smallest absolute Gasteiger partial charge is 0.277 e. The molecule has 0 radical (unpaired) electrons. The number of methoxy groups -OCH3 is 1. The first-order chi connectivity index (χ1) is 12.7. The van der Waals surface area contributed by atoms with Gasteiger partial charge < -0.3 is 9.64 Å². The largest absolute Gasteiger partial charge is 0.497 e. The summed E-state index contributed by atoms with van der Waals surface area (Å²) >= 11 is 3.09. The van der Waals surface area contributed by atoms with Gasteiger partial charge >= 0.3 is 0 Å². The second-order valence-corrected chi connectivity index (χ2v) is 7.95. The first-order valence-corrected chi connectivity index (χ1v) is 9.92. The molecule has 130 valence electrons. The summed E-state index contributed by atoms with van der Waals surface area (Å²) in [5, 5.41) is 0.973. The lowest BCUT2D eigenvalue weighted by atomic mass is 10.2. The number of rotatable bonds is 2. The van der Waals surface area contributed by atoms with E-state index in [1.807, 2.05) is 42.5 Å². The molecule has 7 heteroatoms. The molecule has 0 bridgehead atoms. The Kier molecular flexibility index (Phi) is 3.48. The number of thioether (sulfide) groups is 1. The summed E-state index contributed by atoms with van der Waals surface area (Å²) in [4.78, 5) is 21.8. The van der Waals surface area contributed by atoms with Crippen molar-refractivity contribution in [3.63, 3.8) is 0 Å². The number of hydrogen-bond acceptors (Lipinski definition) is 6. The molecule has 5 nitrogen and oxygen atoms in total. The monoisotopic (exact) mass is 381 g/mol. The molecule has 1 aliphatic rings. The standard InChI is InChI=1S/C19H15N3O2S2/c1-3-21-14-10-11(24-2)8-9-15(14)25-18(21)16-17(23)22-13-7-5-4-6-12(13)20-19(22)26-16/h4-10H,3H2,1-2H3. The number of imidazole rings is 1. The van der Waals surface area contributed by atoms with Crippen LogP contribution in [0.5, 0.6) is 5.75 Å². The van der Waals surface area contributed by atoms with Crippen LogP contribution in [0.25, 0.3) is 21.0 Å². The van der Waals surface area contributed by atoms with Crippen molar-refractivity contribution >= 4 is 49.8 Å². The molecule has 0 fully saturated rings. The first kappa shape index (κ1) is 15.7. The molecule has 3 heterocycles. The van der Waals surface area contributed by atoms with E-state index in [1.54, 1.807) is 23.3 Å². The highest BCUT2D eigenvalue weighted by Crippen LogP contribution is 2.47. The summed E-state index contributed by atoms with van der Waals surface area (Å²) in [6, 6.07) is 13.8. The molecule has 2 aromatic carbocycles. The molecule has 0 unspecified atom stereocenters. The molecule has 0 N–H and O–H groups in total. The number of thiazole rings is 1. The zero-order chi connectivity index (χ0) is 17.8. The van der Waals surface area contributed by atoms with Crippen molar-refractivity contribution in [1.29, 1.82) is 0 Å². The summed E-state index contributed by atoms with van der Waals surface area (Å²) in [7, 11) is 1.67. The summed E-state index contributed by atoms with van der Waals surface area (Å²) in [5.74, 6) is 0.818. The highest BCUT2D eigenvalue weighted by Gasteiger charge is 2.27. The fraction of sp³-hybridized carbons (Fsp3) is 0.158. The number of anilines is 1. The van der Waals surface area contributed by atoms with Gasteiger partial charge in [0.1, 0.15) is 15.3 Å². The van der Waals surface area contributed by atoms with Gasteiger partial charge in [-0.15, -0.1) is 0 Å². The van der Waals surface area contributed by atoms with E-state index in [1.165, 1.54) is 11.3 Å². The number of benzene rings is 2. The van der Waals surface area contributed by atoms with Crippen LogP contribution in [-0.4, -0.2) is 23.0 Å². The van der Waals surface area contributed by atoms with Gasteiger partial charge in [0.25, 0.3) is 5.56 Å². The van der Waals surface area contributed by atoms with Crippen LogP contribution < -0.4 is 19.7 Å². The van der Waals surface area contributed by atoms with Crippen LogP contribution >= 0.6 is 23.1 Å². The van der Waals surface area contributed by atoms with Gasteiger partial charge in [-0.3, -0.25) is 4.79 Å². The molecular formula is C19H15N3O2S2. The molecule has 4 aromatic rings. The topological polar surface area (TPSA) is 46.8 Å². The Labute approximate surface area is 157 Å². The second kappa shape index (κ2) is 5.75. The Bertz CT molecular complexity index is 1280. The predicted molar refractivity (Wildman–Crippen MR) is 107 cm³/mol. The van der Waals surface area contributed by atoms with Crippen molar-refractivity contribution in [3.05, 3.63) is 57.4 Å². The van der Waals surface area contributed by atoms with E-state index < -0.39 is 0 Å². The molecule has 0 saturated heterocycles. The van der Waals surface area contributed by atoms with Gasteiger partial charge in [-0.05, 0) is 31.2 Å². The molecule has 0 aliphatic carbocycles. The van der Waals surface area contributed by atoms with Gasteiger partial charge in [0.05, 0.1) is 23.8 Å². The highest BCUT2D eigenvalue weighted by molar-refractivity contribution is 8.08. The Morgan fingerprint density at radius 1 is 1.19 bits per heavy atom. The number of nitrogens with zero attached hydrogens (tertiary/aromatic N) is 3. The van der Waals surface area contributed by atoms with E-state index in [4.69, 9.17) is 4.74 Å². The molecule has 1 aliphatic heterocycles. The van der Waals surface area contributed by atoms with Gasteiger partial charge in [0.15, 0.2) is 4.96 Å². The molecule has 0 spiro atoms. The third kappa shape index (κ3) is 2.10. The number of hydrogen-bond donors (Lipinski definition) is 0. The predicted octanol–water partition coefficient (Wildman–Crippen LogP) is 3.33. The zero-order valence-corrected chi connectivity index (χ0v) is 15.9. The summed E-state index contributed by atoms with van der Waals surface area (Å²) in [6.45, 7) is 2.87. The van der Waals surface area contributed by atoms with Crippen LogP contribution in [0.4, 0.5) is 5.69 Å². The average molecular weight is 381 g/mol. The quantitative estimate of drug-likeness (QED) is 0.533. The van der Waals surface area contributed by atoms with Crippen LogP contribution in [0.3, 0.4) is 0 Å². The third-order valence-electron chi connectivity index (χ3n) is 4.54. The maximum Gasteiger partial charge on any atom is 0.277 e. The zero-order valence-electron chi connectivity index (χ0n) is 14.2. The Morgan fingerprint density at radius 2 is 2.04 bits per heavy atom. The average Bonchev–Trinajstić information content (AvgIpc) is 3.30. The highest BCUT2D eigenvalue weighted by atomic mass is 32.2. The van der Waals surface area contributed by atoms with E-state index in [9.17, 15) is 4.79 Å². The molecular weight excluding hydrogens is 366 g/mol. The lowest BCUT2D eigenvalue weighted by Gasteiger charge is -2.17. The van der Waals surface area contributed by atoms with Gasteiger partial charge in [-0.1, -0.05) is 35.2 Å². The summed E-state index contributed by atoms with van der Waals surface area (Å²) in [6.07, 6.45) is 0. The van der Waals surface area contributed by atoms with Crippen LogP contribution in [0.1, 0.15) is 6.92 Å². The molecule has 0 saturated carbocycles. The van der Waals surface area contributed by atoms with Gasteiger partial charge in [0.2, 0.25) is 0 Å².